The number of amides is 2. The summed E-state index contributed by atoms with van der Waals surface area (Å²) in [5, 5.41) is 7.58. The molecule has 0 aromatic heterocycles. The van der Waals surface area contributed by atoms with Crippen LogP contribution in [0.4, 0.5) is 0 Å². The second-order valence-corrected chi connectivity index (χ2v) is 8.15. The molecule has 2 amide bonds. The van der Waals surface area contributed by atoms with Gasteiger partial charge >= 0.3 is 5.97 Å². The van der Waals surface area contributed by atoms with Crippen LogP contribution < -0.4 is 5.32 Å². The molecule has 0 spiro atoms. The molecule has 2 aliphatic rings. The molecule has 0 bridgehead atoms. The predicted octanol–water partition coefficient (Wildman–Crippen LogP) is -0.614. The average molecular weight is 371 g/mol. The van der Waals surface area contributed by atoms with E-state index in [1.54, 1.807) is 0 Å². The first-order valence-electron chi connectivity index (χ1n) is 7.93. The van der Waals surface area contributed by atoms with Gasteiger partial charge in [-0.05, 0) is 13.3 Å². The maximum atomic E-state index is 12.2. The van der Waals surface area contributed by atoms with Gasteiger partial charge in [-0.1, -0.05) is 6.08 Å². The van der Waals surface area contributed by atoms with Crippen LogP contribution in [0.1, 0.15) is 26.2 Å². The minimum atomic E-state index is -3.19. The van der Waals surface area contributed by atoms with Crippen LogP contribution in [-0.2, 0) is 29.0 Å². The first-order valence-corrected chi connectivity index (χ1v) is 9.75. The zero-order valence-electron chi connectivity index (χ0n) is 13.9. The van der Waals surface area contributed by atoms with E-state index in [0.717, 1.165) is 5.01 Å². The Morgan fingerprint density at radius 1 is 1.48 bits per heavy atom. The normalized spacial score (nSPS) is 23.6. The third-order valence-electron chi connectivity index (χ3n) is 3.92. The Kier molecular flexibility index (Phi) is 5.93. The number of esters is 1. The summed E-state index contributed by atoms with van der Waals surface area (Å²) in [4.78, 5) is 35.9. The molecule has 1 fully saturated rings. The lowest BCUT2D eigenvalue weighted by Gasteiger charge is -2.27. The van der Waals surface area contributed by atoms with Gasteiger partial charge < -0.3 is 10.1 Å². The first-order chi connectivity index (χ1) is 11.7. The molecular formula is C15H21N3O6S. The topological polar surface area (TPSA) is 122 Å². The van der Waals surface area contributed by atoms with Crippen molar-refractivity contribution in [3.63, 3.8) is 0 Å². The molecule has 2 rings (SSSR count). The van der Waals surface area contributed by atoms with E-state index in [2.05, 4.69) is 17.0 Å². The number of hydrogen-bond donors (Lipinski definition) is 1. The first kappa shape index (κ1) is 19.1. The summed E-state index contributed by atoms with van der Waals surface area (Å²) >= 11 is 0. The molecule has 0 saturated carbocycles. The molecule has 1 saturated heterocycles. The van der Waals surface area contributed by atoms with Gasteiger partial charge in [0, 0.05) is 19.4 Å². The van der Waals surface area contributed by atoms with E-state index >= 15 is 0 Å². The maximum absolute atomic E-state index is 12.2. The van der Waals surface area contributed by atoms with Crippen LogP contribution in [0.2, 0.25) is 0 Å². The van der Waals surface area contributed by atoms with E-state index in [9.17, 15) is 22.8 Å². The third kappa shape index (κ3) is 4.88. The van der Waals surface area contributed by atoms with Crippen molar-refractivity contribution in [3.05, 3.63) is 12.7 Å². The second-order valence-electron chi connectivity index (χ2n) is 5.92. The van der Waals surface area contributed by atoms with Crippen molar-refractivity contribution >= 4 is 33.3 Å². The van der Waals surface area contributed by atoms with E-state index in [0.29, 0.717) is 6.42 Å². The Balaban J connectivity index is 2.04. The van der Waals surface area contributed by atoms with Crippen molar-refractivity contribution in [1.29, 1.82) is 0 Å². The Hall–Kier alpha value is -2.23. The van der Waals surface area contributed by atoms with Crippen molar-refractivity contribution in [2.75, 3.05) is 18.1 Å². The number of nitrogens with one attached hydrogen (secondary N) is 1. The van der Waals surface area contributed by atoms with Crippen LogP contribution in [0.3, 0.4) is 0 Å². The maximum Gasteiger partial charge on any atom is 0.355 e. The van der Waals surface area contributed by atoms with Gasteiger partial charge in [-0.25, -0.2) is 18.2 Å². The Morgan fingerprint density at radius 2 is 2.20 bits per heavy atom. The number of rotatable bonds is 6. The highest BCUT2D eigenvalue weighted by molar-refractivity contribution is 7.91. The fourth-order valence-corrected chi connectivity index (χ4v) is 4.26. The predicted molar refractivity (Wildman–Crippen MR) is 89.3 cm³/mol. The van der Waals surface area contributed by atoms with Crippen molar-refractivity contribution in [3.8, 4) is 0 Å². The number of nitrogens with zero attached hydrogens (tertiary/aromatic N) is 2. The quantitative estimate of drug-likeness (QED) is 0.491. The summed E-state index contributed by atoms with van der Waals surface area (Å²) in [5.74, 6) is -1.75. The number of ether oxygens (including phenoxy) is 1. The summed E-state index contributed by atoms with van der Waals surface area (Å²) < 4.78 is 28.2. The molecule has 0 aromatic rings. The van der Waals surface area contributed by atoms with Gasteiger partial charge in [0.1, 0.15) is 5.71 Å². The molecule has 0 aliphatic carbocycles. The van der Waals surface area contributed by atoms with E-state index in [1.807, 2.05) is 0 Å². The molecule has 2 heterocycles. The molecular weight excluding hydrogens is 350 g/mol. The van der Waals surface area contributed by atoms with Crippen LogP contribution in [-0.4, -0.2) is 67.1 Å². The van der Waals surface area contributed by atoms with Crippen LogP contribution in [0.25, 0.3) is 0 Å². The Morgan fingerprint density at radius 3 is 2.80 bits per heavy atom. The molecule has 10 heteroatoms. The number of sulfone groups is 1. The third-order valence-corrected chi connectivity index (χ3v) is 5.67. The SMILES string of the molecule is C=CCNC(=O)[C@@H](C)OC(=O)C1=NN([C@@H]2CCS(=O)(=O)C2)C(=O)CC1. The molecule has 138 valence electrons. The van der Waals surface area contributed by atoms with E-state index < -0.39 is 33.9 Å². The lowest BCUT2D eigenvalue weighted by Crippen LogP contribution is -2.43. The fraction of sp³-hybridized carbons (Fsp3) is 0.600. The highest BCUT2D eigenvalue weighted by Gasteiger charge is 2.37. The number of hydrazone groups is 1. The van der Waals surface area contributed by atoms with Gasteiger partial charge in [-0.15, -0.1) is 6.58 Å². The molecule has 0 aromatic carbocycles. The fourth-order valence-electron chi connectivity index (χ4n) is 2.57. The average Bonchev–Trinajstić information content (AvgIpc) is 2.92. The zero-order valence-corrected chi connectivity index (χ0v) is 14.8. The van der Waals surface area contributed by atoms with Gasteiger partial charge in [-0.2, -0.15) is 5.10 Å². The molecule has 0 radical (unpaired) electrons. The number of carbonyl (C=O) groups excluding carboxylic acids is 3. The Labute approximate surface area is 146 Å². The summed E-state index contributed by atoms with van der Waals surface area (Å²) in [5.41, 5.74) is 0.00673. The smallest absolute Gasteiger partial charge is 0.355 e. The van der Waals surface area contributed by atoms with E-state index in [1.165, 1.54) is 13.0 Å². The summed E-state index contributed by atoms with van der Waals surface area (Å²) in [6.45, 7) is 5.14. The lowest BCUT2D eigenvalue weighted by atomic mass is 10.1. The van der Waals surface area contributed by atoms with Crippen LogP contribution in [0.15, 0.2) is 17.8 Å². The van der Waals surface area contributed by atoms with Gasteiger partial charge in [-0.3, -0.25) is 9.59 Å². The zero-order chi connectivity index (χ0) is 18.6. The minimum Gasteiger partial charge on any atom is -0.448 e. The molecule has 9 nitrogen and oxygen atoms in total. The van der Waals surface area contributed by atoms with Crippen molar-refractivity contribution in [2.45, 2.75) is 38.3 Å². The number of hydrogen-bond acceptors (Lipinski definition) is 7. The van der Waals surface area contributed by atoms with E-state index in [4.69, 9.17) is 4.74 Å². The standard InChI is InChI=1S/C15H21N3O6S/c1-3-7-16-14(20)10(2)24-15(21)12-4-5-13(19)18(17-12)11-6-8-25(22,23)9-11/h3,10-11H,1,4-9H2,2H3,(H,16,20)/t10-,11-/m1/s1. The summed E-state index contributed by atoms with van der Waals surface area (Å²) in [7, 11) is -3.19. The van der Waals surface area contributed by atoms with Crippen molar-refractivity contribution < 1.29 is 27.5 Å². The summed E-state index contributed by atoms with van der Waals surface area (Å²) in [6.07, 6.45) is 0.904. The highest BCUT2D eigenvalue weighted by Crippen LogP contribution is 2.22. The highest BCUT2D eigenvalue weighted by atomic mass is 32.2. The molecule has 25 heavy (non-hydrogen) atoms. The van der Waals surface area contributed by atoms with Gasteiger partial charge in [0.05, 0.1) is 17.5 Å². The monoisotopic (exact) mass is 371 g/mol. The molecule has 0 unspecified atom stereocenters. The largest absolute Gasteiger partial charge is 0.448 e. The van der Waals surface area contributed by atoms with Crippen LogP contribution in [0.5, 0.6) is 0 Å². The molecule has 2 atom stereocenters. The molecule has 2 aliphatic heterocycles. The van der Waals surface area contributed by atoms with Crippen molar-refractivity contribution in [1.82, 2.24) is 10.3 Å². The Bertz CT molecular complexity index is 715. The lowest BCUT2D eigenvalue weighted by molar-refractivity contribution is -0.149. The number of carbonyl (C=O) groups is 3. The molecule has 1 N–H and O–H groups in total. The van der Waals surface area contributed by atoms with Gasteiger partial charge in [0.2, 0.25) is 5.91 Å². The summed E-state index contributed by atoms with van der Waals surface area (Å²) in [6, 6.07) is -0.561. The second kappa shape index (κ2) is 7.77. The van der Waals surface area contributed by atoms with Crippen LogP contribution >= 0.6 is 0 Å². The van der Waals surface area contributed by atoms with Crippen LogP contribution in [0, 0.1) is 0 Å². The van der Waals surface area contributed by atoms with Gasteiger partial charge in [0.25, 0.3) is 5.91 Å². The van der Waals surface area contributed by atoms with Gasteiger partial charge in [0.15, 0.2) is 15.9 Å². The van der Waals surface area contributed by atoms with E-state index in [-0.39, 0.29) is 42.5 Å². The minimum absolute atomic E-state index is 0.00272. The van der Waals surface area contributed by atoms with Crippen molar-refractivity contribution in [2.24, 2.45) is 5.10 Å².